The summed E-state index contributed by atoms with van der Waals surface area (Å²) in [5.74, 6) is -3.33. The summed E-state index contributed by atoms with van der Waals surface area (Å²) < 4.78 is 45.4. The van der Waals surface area contributed by atoms with Crippen LogP contribution < -0.4 is 10.2 Å². The number of anilines is 2. The maximum absolute atomic E-state index is 13.6. The van der Waals surface area contributed by atoms with Crippen molar-refractivity contribution in [2.45, 2.75) is 19.3 Å². The molecule has 0 saturated heterocycles. The number of carbonyl (C=O) groups excluding carboxylic acids is 1. The number of nitrogens with zero attached hydrogens (tertiary/aromatic N) is 2. The Hall–Kier alpha value is -3.39. The summed E-state index contributed by atoms with van der Waals surface area (Å²) in [4.78, 5) is 19.2. The summed E-state index contributed by atoms with van der Waals surface area (Å²) in [7, 11) is 1.62. The summed E-state index contributed by atoms with van der Waals surface area (Å²) in [6.07, 6.45) is 3.29. The molecule has 1 aliphatic heterocycles. The molecule has 2 aromatic carbocycles. The molecule has 0 aliphatic carbocycles. The van der Waals surface area contributed by atoms with E-state index in [1.807, 2.05) is 29.2 Å². The van der Waals surface area contributed by atoms with Crippen LogP contribution in [0.3, 0.4) is 0 Å². The Labute approximate surface area is 190 Å². The number of pyridine rings is 1. The quantitative estimate of drug-likeness (QED) is 0.400. The van der Waals surface area contributed by atoms with Crippen molar-refractivity contribution in [1.29, 1.82) is 0 Å². The van der Waals surface area contributed by atoms with Gasteiger partial charge in [-0.05, 0) is 72.4 Å². The molecule has 0 bridgehead atoms. The SMILES string of the molecule is COCCCNC(=O)c1cccc2c1CCN2c1cc(Cc2cc(F)c(F)c(F)c2)ccn1. The Morgan fingerprint density at radius 1 is 1.12 bits per heavy atom. The number of fused-ring (bicyclic) bond motifs is 1. The predicted octanol–water partition coefficient (Wildman–Crippen LogP) is 4.55. The highest BCUT2D eigenvalue weighted by atomic mass is 19.2. The first kappa shape index (κ1) is 22.8. The van der Waals surface area contributed by atoms with Crippen molar-refractivity contribution in [2.24, 2.45) is 0 Å². The third kappa shape index (κ3) is 5.01. The normalized spacial score (nSPS) is 12.7. The molecule has 4 rings (SSSR count). The highest BCUT2D eigenvalue weighted by Crippen LogP contribution is 2.36. The number of carbonyl (C=O) groups is 1. The first-order valence-electron chi connectivity index (χ1n) is 10.7. The molecule has 0 atom stereocenters. The number of rotatable bonds is 8. The van der Waals surface area contributed by atoms with Gasteiger partial charge in [0.05, 0.1) is 0 Å². The highest BCUT2D eigenvalue weighted by molar-refractivity contribution is 5.98. The molecule has 8 heteroatoms. The Kier molecular flexibility index (Phi) is 6.93. The maximum atomic E-state index is 13.6. The van der Waals surface area contributed by atoms with E-state index < -0.39 is 17.5 Å². The summed E-state index contributed by atoms with van der Waals surface area (Å²) in [6, 6.07) is 11.2. The van der Waals surface area contributed by atoms with Crippen molar-refractivity contribution in [1.82, 2.24) is 10.3 Å². The molecular weight excluding hydrogens is 431 g/mol. The van der Waals surface area contributed by atoms with E-state index in [0.717, 1.165) is 35.4 Å². The Balaban J connectivity index is 1.54. The Morgan fingerprint density at radius 3 is 2.67 bits per heavy atom. The van der Waals surface area contributed by atoms with E-state index >= 15 is 0 Å². The summed E-state index contributed by atoms with van der Waals surface area (Å²) in [6.45, 7) is 1.77. The minimum absolute atomic E-state index is 0.119. The van der Waals surface area contributed by atoms with Gasteiger partial charge in [0.1, 0.15) is 5.82 Å². The molecule has 0 saturated carbocycles. The topological polar surface area (TPSA) is 54.5 Å². The van der Waals surface area contributed by atoms with Gasteiger partial charge in [-0.25, -0.2) is 18.2 Å². The van der Waals surface area contributed by atoms with Crippen LogP contribution in [0.2, 0.25) is 0 Å². The minimum atomic E-state index is -1.47. The van der Waals surface area contributed by atoms with E-state index in [-0.39, 0.29) is 12.3 Å². The largest absolute Gasteiger partial charge is 0.385 e. The van der Waals surface area contributed by atoms with Crippen LogP contribution in [0.15, 0.2) is 48.7 Å². The molecule has 3 aromatic rings. The predicted molar refractivity (Wildman–Crippen MR) is 119 cm³/mol. The molecular formula is C25H24F3N3O2. The van der Waals surface area contributed by atoms with Gasteiger partial charge in [0.15, 0.2) is 17.5 Å². The number of hydrogen-bond acceptors (Lipinski definition) is 4. The lowest BCUT2D eigenvalue weighted by molar-refractivity contribution is 0.0948. The number of hydrogen-bond donors (Lipinski definition) is 1. The van der Waals surface area contributed by atoms with Gasteiger partial charge in [-0.1, -0.05) is 6.07 Å². The molecule has 0 unspecified atom stereocenters. The average molecular weight is 455 g/mol. The number of benzene rings is 2. The van der Waals surface area contributed by atoms with Crippen LogP contribution in [0, 0.1) is 17.5 Å². The van der Waals surface area contributed by atoms with Crippen LogP contribution in [0.1, 0.15) is 33.5 Å². The number of amides is 1. The molecule has 0 spiro atoms. The molecule has 5 nitrogen and oxygen atoms in total. The number of methoxy groups -OCH3 is 1. The van der Waals surface area contributed by atoms with Crippen molar-refractivity contribution in [3.05, 3.63) is 88.4 Å². The lowest BCUT2D eigenvalue weighted by atomic mass is 10.0. The Bertz CT molecular complexity index is 1150. The molecule has 2 heterocycles. The van der Waals surface area contributed by atoms with Crippen LogP contribution in [-0.4, -0.2) is 37.7 Å². The first-order chi connectivity index (χ1) is 16.0. The lowest BCUT2D eigenvalue weighted by Gasteiger charge is -2.19. The molecule has 1 aromatic heterocycles. The van der Waals surface area contributed by atoms with E-state index in [1.165, 1.54) is 0 Å². The molecule has 1 aliphatic rings. The lowest BCUT2D eigenvalue weighted by Crippen LogP contribution is -2.26. The van der Waals surface area contributed by atoms with E-state index in [9.17, 15) is 18.0 Å². The average Bonchev–Trinajstić information content (AvgIpc) is 3.24. The van der Waals surface area contributed by atoms with Gasteiger partial charge in [-0.15, -0.1) is 0 Å². The molecule has 33 heavy (non-hydrogen) atoms. The fourth-order valence-corrected chi connectivity index (χ4v) is 4.06. The molecule has 1 N–H and O–H groups in total. The van der Waals surface area contributed by atoms with Gasteiger partial charge in [0.25, 0.3) is 5.91 Å². The zero-order chi connectivity index (χ0) is 23.4. The maximum Gasteiger partial charge on any atom is 0.251 e. The first-order valence-corrected chi connectivity index (χ1v) is 10.7. The standard InChI is InChI=1S/C25H24F3N3O2/c1-33-11-3-8-30-25(32)19-4-2-5-22-18(19)7-10-31(22)23-15-16(6-9-29-23)12-17-13-20(26)24(28)21(27)14-17/h2,4-6,9,13-15H,3,7-8,10-12H2,1H3,(H,30,32). The van der Waals surface area contributed by atoms with E-state index in [2.05, 4.69) is 10.3 Å². The minimum Gasteiger partial charge on any atom is -0.385 e. The van der Waals surface area contributed by atoms with Gasteiger partial charge < -0.3 is 15.0 Å². The van der Waals surface area contributed by atoms with Crippen LogP contribution >= 0.6 is 0 Å². The van der Waals surface area contributed by atoms with Crippen molar-refractivity contribution in [3.8, 4) is 0 Å². The molecule has 1 amide bonds. The monoisotopic (exact) mass is 455 g/mol. The number of ether oxygens (including phenoxy) is 1. The van der Waals surface area contributed by atoms with Crippen molar-refractivity contribution in [2.75, 3.05) is 31.7 Å². The van der Waals surface area contributed by atoms with Gasteiger partial charge in [0.2, 0.25) is 0 Å². The van der Waals surface area contributed by atoms with Crippen molar-refractivity contribution in [3.63, 3.8) is 0 Å². The second-order valence-electron chi connectivity index (χ2n) is 7.88. The zero-order valence-electron chi connectivity index (χ0n) is 18.2. The van der Waals surface area contributed by atoms with Gasteiger partial charge in [-0.3, -0.25) is 4.79 Å². The summed E-state index contributed by atoms with van der Waals surface area (Å²) >= 11 is 0. The smallest absolute Gasteiger partial charge is 0.251 e. The third-order valence-electron chi connectivity index (χ3n) is 5.62. The second-order valence-corrected chi connectivity index (χ2v) is 7.88. The van der Waals surface area contributed by atoms with E-state index in [4.69, 9.17) is 4.74 Å². The van der Waals surface area contributed by atoms with Gasteiger partial charge in [0, 0.05) is 44.3 Å². The van der Waals surface area contributed by atoms with Crippen LogP contribution in [0.4, 0.5) is 24.7 Å². The van der Waals surface area contributed by atoms with Gasteiger partial charge >= 0.3 is 0 Å². The summed E-state index contributed by atoms with van der Waals surface area (Å²) in [5, 5.41) is 2.93. The van der Waals surface area contributed by atoms with Crippen LogP contribution in [0.5, 0.6) is 0 Å². The van der Waals surface area contributed by atoms with Crippen molar-refractivity contribution < 1.29 is 22.7 Å². The fourth-order valence-electron chi connectivity index (χ4n) is 4.06. The third-order valence-corrected chi connectivity index (χ3v) is 5.62. The highest BCUT2D eigenvalue weighted by Gasteiger charge is 2.26. The second kappa shape index (κ2) is 10.0. The molecule has 0 fully saturated rings. The van der Waals surface area contributed by atoms with Crippen LogP contribution in [0.25, 0.3) is 0 Å². The fraction of sp³-hybridized carbons (Fsp3) is 0.280. The van der Waals surface area contributed by atoms with Crippen LogP contribution in [-0.2, 0) is 17.6 Å². The van der Waals surface area contributed by atoms with Gasteiger partial charge in [-0.2, -0.15) is 0 Å². The number of aromatic nitrogens is 1. The number of nitrogens with one attached hydrogen (secondary N) is 1. The van der Waals surface area contributed by atoms with E-state index in [0.29, 0.717) is 43.1 Å². The van der Waals surface area contributed by atoms with Crippen molar-refractivity contribution >= 4 is 17.4 Å². The number of halogens is 3. The zero-order valence-corrected chi connectivity index (χ0v) is 18.2. The molecule has 172 valence electrons. The summed E-state index contributed by atoms with van der Waals surface area (Å²) in [5.41, 5.74) is 3.62. The van der Waals surface area contributed by atoms with E-state index in [1.54, 1.807) is 19.4 Å². The molecule has 0 radical (unpaired) electrons. The Morgan fingerprint density at radius 2 is 1.91 bits per heavy atom.